The minimum Gasteiger partial charge on any atom is -0.507 e. The predicted molar refractivity (Wildman–Crippen MR) is 162 cm³/mol. The van der Waals surface area contributed by atoms with Gasteiger partial charge in [0.1, 0.15) is 17.1 Å². The molecular formula is C34H25N3O6. The molecule has 0 bridgehead atoms. The predicted octanol–water partition coefficient (Wildman–Crippen LogP) is 3.24. The van der Waals surface area contributed by atoms with Gasteiger partial charge in [0.2, 0.25) is 5.78 Å². The quantitative estimate of drug-likeness (QED) is 0.239. The Balaban J connectivity index is 1.66. The first-order valence-electron chi connectivity index (χ1n) is 13.5. The van der Waals surface area contributed by atoms with E-state index in [0.717, 1.165) is 0 Å². The number of fused-ring (bicyclic) bond motifs is 1. The van der Waals surface area contributed by atoms with Gasteiger partial charge in [-0.05, 0) is 54.5 Å². The van der Waals surface area contributed by atoms with E-state index in [0.29, 0.717) is 34.5 Å². The number of para-hydroxylation sites is 2. The standard InChI is InChI=1S/C34H25N3O6/c1-2-37-26-14-8-6-13-22(26)32(41)29(34(37)43)30-25(33(42)36-35-30)17-20-16-24(31(40)19-10-4-3-5-11-19)28(39)18-23(20)21-12-7-9-15-27(21)38/h3-18,35,38-39H,2H2,1H3,(H,36,42)/b25-17-,30-29+. The molecule has 4 aromatic carbocycles. The number of aromatic hydroxyl groups is 2. The van der Waals surface area contributed by atoms with Gasteiger partial charge in [0.05, 0.1) is 21.8 Å². The first kappa shape index (κ1) is 27.2. The molecule has 0 saturated carbocycles. The molecule has 0 fully saturated rings. The molecule has 0 radical (unpaired) electrons. The summed E-state index contributed by atoms with van der Waals surface area (Å²) in [5.74, 6) is -1.98. The van der Waals surface area contributed by atoms with E-state index in [-0.39, 0.29) is 38.8 Å². The fourth-order valence-electron chi connectivity index (χ4n) is 5.36. The molecule has 1 aliphatic heterocycles. The molecule has 43 heavy (non-hydrogen) atoms. The summed E-state index contributed by atoms with van der Waals surface area (Å²) >= 11 is 0. The normalized spacial score (nSPS) is 14.6. The van der Waals surface area contributed by atoms with Crippen molar-refractivity contribution in [2.24, 2.45) is 0 Å². The lowest BCUT2D eigenvalue weighted by Gasteiger charge is -2.28. The van der Waals surface area contributed by atoms with Crippen molar-refractivity contribution in [2.45, 2.75) is 6.92 Å². The maximum Gasteiger partial charge on any atom is 0.271 e. The minimum atomic E-state index is -0.614. The first-order valence-corrected chi connectivity index (χ1v) is 13.5. The van der Waals surface area contributed by atoms with Crippen LogP contribution < -0.4 is 21.0 Å². The van der Waals surface area contributed by atoms with E-state index in [1.807, 2.05) is 0 Å². The zero-order valence-corrected chi connectivity index (χ0v) is 22.9. The molecule has 4 N–H and O–H groups in total. The Morgan fingerprint density at radius 1 is 0.791 bits per heavy atom. The average Bonchev–Trinajstić information content (AvgIpc) is 3.37. The van der Waals surface area contributed by atoms with Crippen LogP contribution >= 0.6 is 0 Å². The number of carbonyl (C=O) groups is 3. The van der Waals surface area contributed by atoms with E-state index in [1.54, 1.807) is 79.7 Å². The van der Waals surface area contributed by atoms with Crippen molar-refractivity contribution in [1.29, 1.82) is 0 Å². The number of nitrogens with zero attached hydrogens (tertiary/aromatic N) is 1. The van der Waals surface area contributed by atoms with Crippen LogP contribution in [0.5, 0.6) is 11.5 Å². The summed E-state index contributed by atoms with van der Waals surface area (Å²) in [7, 11) is 0. The van der Waals surface area contributed by atoms with Gasteiger partial charge < -0.3 is 15.1 Å². The molecule has 0 spiro atoms. The van der Waals surface area contributed by atoms with Crippen molar-refractivity contribution in [3.8, 4) is 22.6 Å². The van der Waals surface area contributed by atoms with E-state index in [9.17, 15) is 29.4 Å². The van der Waals surface area contributed by atoms with Crippen molar-refractivity contribution in [3.05, 3.63) is 134 Å². The molecule has 0 unspecified atom stereocenters. The third kappa shape index (κ3) is 4.62. The first-order chi connectivity index (χ1) is 20.8. The molecule has 1 amide bonds. The van der Waals surface area contributed by atoms with Gasteiger partial charge in [-0.3, -0.25) is 29.4 Å². The third-order valence-corrected chi connectivity index (χ3v) is 7.45. The Labute approximate surface area is 244 Å². The number of carbonyl (C=O) groups excluding carboxylic acids is 3. The molecular weight excluding hydrogens is 546 g/mol. The lowest BCUT2D eigenvalue weighted by molar-refractivity contribution is -0.113. The summed E-state index contributed by atoms with van der Waals surface area (Å²) in [6, 6.07) is 24.4. The van der Waals surface area contributed by atoms with E-state index < -0.39 is 23.0 Å². The van der Waals surface area contributed by atoms with E-state index >= 15 is 0 Å². The Hall–Kier alpha value is -5.96. The molecule has 6 rings (SSSR count). The number of phenols is 2. The van der Waals surface area contributed by atoms with Crippen LogP contribution in [-0.2, 0) is 4.79 Å². The second-order valence-corrected chi connectivity index (χ2v) is 9.95. The molecule has 9 nitrogen and oxygen atoms in total. The lowest BCUT2D eigenvalue weighted by Crippen LogP contribution is -2.45. The molecule has 5 aromatic rings. The highest BCUT2D eigenvalue weighted by Gasteiger charge is 2.35. The summed E-state index contributed by atoms with van der Waals surface area (Å²) in [5, 5.41) is 26.8. The summed E-state index contributed by atoms with van der Waals surface area (Å²) in [5.41, 5.74) is 1.22. The molecule has 212 valence electrons. The number of benzene rings is 4. The van der Waals surface area contributed by atoms with E-state index in [1.165, 1.54) is 29.2 Å². The lowest BCUT2D eigenvalue weighted by atomic mass is 9.92. The van der Waals surface area contributed by atoms with Crippen molar-refractivity contribution in [2.75, 3.05) is 11.4 Å². The number of anilines is 1. The van der Waals surface area contributed by atoms with Gasteiger partial charge in [0, 0.05) is 23.2 Å². The Morgan fingerprint density at radius 3 is 2.19 bits per heavy atom. The summed E-state index contributed by atoms with van der Waals surface area (Å²) < 4.78 is 0. The summed E-state index contributed by atoms with van der Waals surface area (Å²) in [6.45, 7) is 2.08. The van der Waals surface area contributed by atoms with Crippen molar-refractivity contribution < 1.29 is 24.6 Å². The van der Waals surface area contributed by atoms with Gasteiger partial charge in [0.25, 0.3) is 11.5 Å². The number of aromatic amines is 2. The monoisotopic (exact) mass is 571 g/mol. The molecule has 0 aliphatic carbocycles. The van der Waals surface area contributed by atoms with Gasteiger partial charge in [-0.2, -0.15) is 0 Å². The highest BCUT2D eigenvalue weighted by atomic mass is 16.3. The highest BCUT2D eigenvalue weighted by molar-refractivity contribution is 6.51. The van der Waals surface area contributed by atoms with Crippen LogP contribution in [-0.4, -0.2) is 44.4 Å². The molecule has 9 heteroatoms. The number of phenolic OH excluding ortho intramolecular Hbond substituents is 2. The number of Topliss-reactive ketones (excluding diaryl/α,β-unsaturated/α-hetero) is 1. The number of rotatable bonds is 5. The smallest absolute Gasteiger partial charge is 0.271 e. The second kappa shape index (κ2) is 10.8. The molecule has 2 heterocycles. The number of hydrogen-bond acceptors (Lipinski definition) is 6. The third-order valence-electron chi connectivity index (χ3n) is 7.45. The number of ketones is 2. The molecule has 1 aromatic heterocycles. The SMILES string of the molecule is CCN1C(=O)/C(=c2/[nH][nH]c(=O)/c2=C\c2cc(C(=O)c3ccccc3)c(O)cc2-c2ccccc2O)C(=O)c2ccccc21. The average molecular weight is 572 g/mol. The van der Waals surface area contributed by atoms with Gasteiger partial charge >= 0.3 is 0 Å². The molecule has 0 atom stereocenters. The van der Waals surface area contributed by atoms with Crippen LogP contribution in [0.15, 0.2) is 95.8 Å². The zero-order valence-electron chi connectivity index (χ0n) is 22.9. The number of hydrogen-bond donors (Lipinski definition) is 4. The Bertz CT molecular complexity index is 2130. The van der Waals surface area contributed by atoms with Crippen LogP contribution in [0, 0.1) is 0 Å². The highest BCUT2D eigenvalue weighted by Crippen LogP contribution is 2.36. The van der Waals surface area contributed by atoms with Gasteiger partial charge in [0.15, 0.2) is 5.78 Å². The van der Waals surface area contributed by atoms with E-state index in [2.05, 4.69) is 10.2 Å². The Kier molecular flexibility index (Phi) is 6.83. The van der Waals surface area contributed by atoms with Crippen molar-refractivity contribution in [3.63, 3.8) is 0 Å². The maximum atomic E-state index is 13.6. The maximum absolute atomic E-state index is 13.6. The number of H-pyrrole nitrogens is 2. The Morgan fingerprint density at radius 2 is 1.47 bits per heavy atom. The number of aromatic nitrogens is 2. The van der Waals surface area contributed by atoms with Crippen LogP contribution in [0.3, 0.4) is 0 Å². The van der Waals surface area contributed by atoms with Crippen LogP contribution in [0.2, 0.25) is 0 Å². The van der Waals surface area contributed by atoms with Gasteiger partial charge in [-0.15, -0.1) is 0 Å². The number of amides is 1. The zero-order chi connectivity index (χ0) is 30.2. The fourth-order valence-corrected chi connectivity index (χ4v) is 5.36. The van der Waals surface area contributed by atoms with Crippen molar-refractivity contribution in [1.82, 2.24) is 10.2 Å². The van der Waals surface area contributed by atoms with Crippen LogP contribution in [0.25, 0.3) is 22.8 Å². The molecule has 0 saturated heterocycles. The molecule has 1 aliphatic rings. The topological polar surface area (TPSA) is 144 Å². The summed E-state index contributed by atoms with van der Waals surface area (Å²) in [6.07, 6.45) is 1.43. The van der Waals surface area contributed by atoms with Crippen LogP contribution in [0.1, 0.15) is 38.8 Å². The van der Waals surface area contributed by atoms with Gasteiger partial charge in [-0.25, -0.2) is 0 Å². The number of nitrogens with one attached hydrogen (secondary N) is 2. The van der Waals surface area contributed by atoms with Crippen molar-refractivity contribution >= 4 is 34.8 Å². The van der Waals surface area contributed by atoms with E-state index in [4.69, 9.17) is 0 Å². The van der Waals surface area contributed by atoms with Gasteiger partial charge in [-0.1, -0.05) is 60.7 Å². The second-order valence-electron chi connectivity index (χ2n) is 9.95. The largest absolute Gasteiger partial charge is 0.507 e. The summed E-state index contributed by atoms with van der Waals surface area (Å²) in [4.78, 5) is 55.3. The van der Waals surface area contributed by atoms with Crippen LogP contribution in [0.4, 0.5) is 5.69 Å². The minimum absolute atomic E-state index is 0.0137. The fraction of sp³-hybridized carbons (Fsp3) is 0.0588.